The number of rotatable bonds is 0. The lowest BCUT2D eigenvalue weighted by Crippen LogP contribution is -2.35. The number of urea groups is 1. The predicted molar refractivity (Wildman–Crippen MR) is 46.0 cm³/mol. The molecule has 0 aromatic carbocycles. The molecule has 0 aliphatic carbocycles. The molecular weight excluding hydrogens is 166 g/mol. The van der Waals surface area contributed by atoms with Crippen molar-refractivity contribution in [2.45, 2.75) is 0 Å². The molecule has 0 saturated heterocycles. The minimum atomic E-state index is -0.109. The number of hydrogen-bond acceptors (Lipinski definition) is 2. The summed E-state index contributed by atoms with van der Waals surface area (Å²) in [6.07, 6.45) is 4.90. The first-order valence-corrected chi connectivity index (χ1v) is 3.01. The Kier molecular flexibility index (Phi) is 4.29. The fourth-order valence-electron chi connectivity index (χ4n) is 0.670. The van der Waals surface area contributed by atoms with Crippen LogP contribution in [-0.2, 0) is 0 Å². The molecule has 0 spiro atoms. The Morgan fingerprint density at radius 2 is 2.45 bits per heavy atom. The van der Waals surface area contributed by atoms with Crippen molar-refractivity contribution in [3.05, 3.63) is 12.4 Å². The molecule has 0 atom stereocenters. The number of amides is 2. The van der Waals surface area contributed by atoms with Gasteiger partial charge in [-0.25, -0.2) is 4.79 Å². The van der Waals surface area contributed by atoms with E-state index in [1.807, 2.05) is 0 Å². The zero-order valence-electron chi connectivity index (χ0n) is 6.15. The number of hydrogen-bond donors (Lipinski definition) is 1. The van der Waals surface area contributed by atoms with Crippen molar-refractivity contribution >= 4 is 24.7 Å². The van der Waals surface area contributed by atoms with E-state index in [9.17, 15) is 4.79 Å². The molecule has 62 valence electrons. The quantitative estimate of drug-likeness (QED) is 0.576. The van der Waals surface area contributed by atoms with Gasteiger partial charge in [0.2, 0.25) is 0 Å². The van der Waals surface area contributed by atoms with Crippen LogP contribution in [-0.4, -0.2) is 30.7 Å². The Morgan fingerprint density at radius 3 is 2.91 bits per heavy atom. The zero-order chi connectivity index (χ0) is 7.40. The van der Waals surface area contributed by atoms with E-state index in [0.717, 1.165) is 0 Å². The van der Waals surface area contributed by atoms with E-state index in [-0.39, 0.29) is 18.4 Å². The number of carbonyl (C=O) groups excluding carboxylic acids is 1. The standard InChI is InChI=1S/C6H9N3O.ClH/c1-7-6(10)9-4-2-8-3-5-9;/h2-4H,5H2,1H3,(H,7,10);1H. The van der Waals surface area contributed by atoms with Crippen molar-refractivity contribution < 1.29 is 4.79 Å². The first-order chi connectivity index (χ1) is 4.84. The monoisotopic (exact) mass is 175 g/mol. The molecule has 0 aromatic heterocycles. The lowest BCUT2D eigenvalue weighted by Gasteiger charge is -2.16. The van der Waals surface area contributed by atoms with Gasteiger partial charge in [0, 0.05) is 25.7 Å². The van der Waals surface area contributed by atoms with E-state index < -0.39 is 0 Å². The molecule has 2 amide bonds. The molecule has 0 radical (unpaired) electrons. The zero-order valence-corrected chi connectivity index (χ0v) is 6.97. The molecule has 1 aliphatic heterocycles. The third-order valence-corrected chi connectivity index (χ3v) is 1.19. The van der Waals surface area contributed by atoms with Gasteiger partial charge in [0.25, 0.3) is 0 Å². The summed E-state index contributed by atoms with van der Waals surface area (Å²) in [6.45, 7) is 0.552. The van der Waals surface area contributed by atoms with E-state index in [2.05, 4.69) is 10.3 Å². The van der Waals surface area contributed by atoms with Crippen LogP contribution < -0.4 is 5.32 Å². The maximum atomic E-state index is 10.9. The van der Waals surface area contributed by atoms with Gasteiger partial charge in [-0.1, -0.05) is 0 Å². The van der Waals surface area contributed by atoms with Crippen molar-refractivity contribution in [3.8, 4) is 0 Å². The predicted octanol–water partition coefficient (Wildman–Crippen LogP) is 0.605. The van der Waals surface area contributed by atoms with Gasteiger partial charge in [-0.05, 0) is 0 Å². The average molecular weight is 176 g/mol. The fraction of sp³-hybridized carbons (Fsp3) is 0.333. The first-order valence-electron chi connectivity index (χ1n) is 3.01. The topological polar surface area (TPSA) is 44.7 Å². The molecule has 0 unspecified atom stereocenters. The molecule has 0 fully saturated rings. The van der Waals surface area contributed by atoms with E-state index in [0.29, 0.717) is 6.54 Å². The molecule has 1 heterocycles. The molecule has 0 saturated carbocycles. The third-order valence-electron chi connectivity index (χ3n) is 1.19. The maximum absolute atomic E-state index is 10.9. The van der Waals surface area contributed by atoms with E-state index in [1.165, 1.54) is 4.90 Å². The minimum absolute atomic E-state index is 0. The van der Waals surface area contributed by atoms with Gasteiger partial charge in [-0.15, -0.1) is 12.4 Å². The molecule has 1 rings (SSSR count). The maximum Gasteiger partial charge on any atom is 0.321 e. The smallest absolute Gasteiger partial charge is 0.321 e. The number of nitrogens with one attached hydrogen (secondary N) is 1. The highest BCUT2D eigenvalue weighted by Crippen LogP contribution is 1.93. The van der Waals surface area contributed by atoms with Crippen molar-refractivity contribution in [1.82, 2.24) is 10.2 Å². The lowest BCUT2D eigenvalue weighted by atomic mass is 10.5. The summed E-state index contributed by atoms with van der Waals surface area (Å²) in [4.78, 5) is 16.2. The molecule has 1 aliphatic rings. The average Bonchev–Trinajstić information content (AvgIpc) is 2.05. The third kappa shape index (κ3) is 2.59. The number of carbonyl (C=O) groups is 1. The van der Waals surface area contributed by atoms with Crippen LogP contribution in [0.15, 0.2) is 17.4 Å². The summed E-state index contributed by atoms with van der Waals surface area (Å²) in [5.74, 6) is 0. The Labute approximate surface area is 71.4 Å². The number of nitrogens with zero attached hydrogens (tertiary/aromatic N) is 2. The largest absolute Gasteiger partial charge is 0.341 e. The second-order valence-electron chi connectivity index (χ2n) is 1.84. The molecule has 0 bridgehead atoms. The van der Waals surface area contributed by atoms with Crippen LogP contribution in [0.5, 0.6) is 0 Å². The second kappa shape index (κ2) is 4.73. The highest BCUT2D eigenvalue weighted by molar-refractivity contribution is 5.85. The summed E-state index contributed by atoms with van der Waals surface area (Å²) in [6, 6.07) is -0.109. The van der Waals surface area contributed by atoms with Gasteiger partial charge in [-0.3, -0.25) is 9.89 Å². The lowest BCUT2D eigenvalue weighted by molar-refractivity contribution is 0.222. The van der Waals surface area contributed by atoms with Crippen LogP contribution in [0, 0.1) is 0 Å². The van der Waals surface area contributed by atoms with Gasteiger partial charge < -0.3 is 5.32 Å². The van der Waals surface area contributed by atoms with Crippen molar-refractivity contribution in [1.29, 1.82) is 0 Å². The fourth-order valence-corrected chi connectivity index (χ4v) is 0.670. The van der Waals surface area contributed by atoms with Crippen LogP contribution in [0.3, 0.4) is 0 Å². The first kappa shape index (κ1) is 9.97. The molecule has 0 aromatic rings. The normalized spacial score (nSPS) is 14.1. The van der Waals surface area contributed by atoms with Gasteiger partial charge in [0.15, 0.2) is 0 Å². The van der Waals surface area contributed by atoms with Gasteiger partial charge in [0.1, 0.15) is 0 Å². The van der Waals surface area contributed by atoms with Gasteiger partial charge >= 0.3 is 6.03 Å². The SMILES string of the molecule is CNC(=O)N1C=CN=CC1.Cl. The van der Waals surface area contributed by atoms with Crippen LogP contribution in [0.1, 0.15) is 0 Å². The summed E-state index contributed by atoms with van der Waals surface area (Å²) in [5.41, 5.74) is 0. The summed E-state index contributed by atoms with van der Waals surface area (Å²) >= 11 is 0. The van der Waals surface area contributed by atoms with E-state index in [1.54, 1.807) is 25.7 Å². The van der Waals surface area contributed by atoms with Gasteiger partial charge in [0.05, 0.1) is 6.54 Å². The number of halogens is 1. The Balaban J connectivity index is 0.000001000. The van der Waals surface area contributed by atoms with E-state index >= 15 is 0 Å². The molecule has 4 nitrogen and oxygen atoms in total. The van der Waals surface area contributed by atoms with Crippen LogP contribution >= 0.6 is 12.4 Å². The Bertz CT molecular complexity index is 190. The Hall–Kier alpha value is -1.03. The minimum Gasteiger partial charge on any atom is -0.341 e. The second-order valence-corrected chi connectivity index (χ2v) is 1.84. The Morgan fingerprint density at radius 1 is 1.73 bits per heavy atom. The van der Waals surface area contributed by atoms with Crippen molar-refractivity contribution in [3.63, 3.8) is 0 Å². The molecule has 11 heavy (non-hydrogen) atoms. The molecule has 1 N–H and O–H groups in total. The molecule has 5 heteroatoms. The van der Waals surface area contributed by atoms with Crippen molar-refractivity contribution in [2.24, 2.45) is 4.99 Å². The highest BCUT2D eigenvalue weighted by atomic mass is 35.5. The van der Waals surface area contributed by atoms with Gasteiger partial charge in [-0.2, -0.15) is 0 Å². The summed E-state index contributed by atoms with van der Waals surface area (Å²) in [5, 5.41) is 2.51. The van der Waals surface area contributed by atoms with Crippen LogP contribution in [0.25, 0.3) is 0 Å². The highest BCUT2D eigenvalue weighted by Gasteiger charge is 2.06. The van der Waals surface area contributed by atoms with Crippen LogP contribution in [0.2, 0.25) is 0 Å². The van der Waals surface area contributed by atoms with Crippen molar-refractivity contribution in [2.75, 3.05) is 13.6 Å². The summed E-state index contributed by atoms with van der Waals surface area (Å²) in [7, 11) is 1.60. The molecular formula is C6H10ClN3O. The summed E-state index contributed by atoms with van der Waals surface area (Å²) < 4.78 is 0. The van der Waals surface area contributed by atoms with Crippen LogP contribution in [0.4, 0.5) is 4.79 Å². The number of aliphatic imine (C=N–C) groups is 1. The van der Waals surface area contributed by atoms with E-state index in [4.69, 9.17) is 0 Å².